The second-order valence-electron chi connectivity index (χ2n) is 8.74. The number of likely N-dealkylation sites (tertiary alicyclic amines) is 1. The van der Waals surface area contributed by atoms with Crippen molar-refractivity contribution < 1.29 is 35.2 Å². The molecule has 8 nitrogen and oxygen atoms in total. The minimum atomic E-state index is -3.46. The van der Waals surface area contributed by atoms with E-state index in [1.54, 1.807) is 0 Å². The highest BCUT2D eigenvalue weighted by atomic mass is 19.3. The van der Waals surface area contributed by atoms with Crippen molar-refractivity contribution in [2.24, 2.45) is 0 Å². The number of alkyl halides is 4. The molecule has 0 unspecified atom stereocenters. The Balaban J connectivity index is 1.55. The minimum Gasteiger partial charge on any atom is -0.479 e. The highest BCUT2D eigenvalue weighted by Gasteiger charge is 2.44. The highest BCUT2D eigenvalue weighted by Crippen LogP contribution is 2.37. The second-order valence-corrected chi connectivity index (χ2v) is 8.74. The topological polar surface area (TPSA) is 72.5 Å². The number of nitrogens with one attached hydrogen (secondary N) is 1. The molecule has 5 rings (SSSR count). The summed E-state index contributed by atoms with van der Waals surface area (Å²) in [5.74, 6) is -5.66. The van der Waals surface area contributed by atoms with Gasteiger partial charge in [-0.3, -0.25) is 0 Å². The molecule has 1 aliphatic heterocycles. The molecule has 1 aliphatic rings. The Kier molecular flexibility index (Phi) is 5.28. The summed E-state index contributed by atoms with van der Waals surface area (Å²) in [7, 11) is 1.20. The van der Waals surface area contributed by atoms with Gasteiger partial charge in [0.25, 0.3) is 12.3 Å². The van der Waals surface area contributed by atoms with Crippen LogP contribution in [0, 0.1) is 18.6 Å². The fourth-order valence-corrected chi connectivity index (χ4v) is 4.58. The van der Waals surface area contributed by atoms with Crippen LogP contribution in [0.15, 0.2) is 18.3 Å². The normalized spacial score (nSPS) is 19.8. The van der Waals surface area contributed by atoms with Gasteiger partial charge in [-0.15, -0.1) is 5.10 Å². The van der Waals surface area contributed by atoms with Crippen LogP contribution in [0.1, 0.15) is 16.4 Å². The first kappa shape index (κ1) is 21.5. The van der Waals surface area contributed by atoms with Crippen LogP contribution < -0.4 is 10.1 Å². The molecule has 1 aromatic carbocycles. The predicted octanol–water partition coefficient (Wildman–Crippen LogP) is 4.36. The number of rotatable bonds is 6. The van der Waals surface area contributed by atoms with Crippen molar-refractivity contribution in [1.29, 1.82) is 0 Å². The van der Waals surface area contributed by atoms with E-state index in [4.69, 9.17) is 8.85 Å². The molecule has 3 aromatic heterocycles. The number of fused-ring (bicyclic) bond motifs is 2. The van der Waals surface area contributed by atoms with E-state index in [0.29, 0.717) is 4.90 Å². The summed E-state index contributed by atoms with van der Waals surface area (Å²) in [5, 5.41) is 6.56. The summed E-state index contributed by atoms with van der Waals surface area (Å²) in [6.45, 7) is -3.14. The van der Waals surface area contributed by atoms with E-state index in [9.17, 15) is 17.6 Å². The zero-order valence-corrected chi connectivity index (χ0v) is 19.6. The van der Waals surface area contributed by atoms with E-state index in [0.717, 1.165) is 21.3 Å². The lowest BCUT2D eigenvalue weighted by atomic mass is 10.0. The van der Waals surface area contributed by atoms with Crippen molar-refractivity contribution in [3.8, 4) is 17.0 Å². The Morgan fingerprint density at radius 2 is 2.03 bits per heavy atom. The number of aryl methyl sites for hydroxylation is 1. The molecule has 0 aliphatic carbocycles. The third-order valence-corrected chi connectivity index (χ3v) is 6.26. The van der Waals surface area contributed by atoms with E-state index < -0.39 is 50.1 Å². The average Bonchev–Trinajstić information content (AvgIpc) is 3.34. The number of piperidine rings is 1. The summed E-state index contributed by atoms with van der Waals surface area (Å²) in [6.07, 6.45) is -2.08. The Morgan fingerprint density at radius 3 is 2.70 bits per heavy atom. The number of anilines is 1. The van der Waals surface area contributed by atoms with Gasteiger partial charge >= 0.3 is 0 Å². The van der Waals surface area contributed by atoms with Gasteiger partial charge in [0.1, 0.15) is 16.9 Å². The van der Waals surface area contributed by atoms with Crippen molar-refractivity contribution >= 4 is 22.5 Å². The van der Waals surface area contributed by atoms with Crippen LogP contribution in [0.25, 0.3) is 27.7 Å². The van der Waals surface area contributed by atoms with Gasteiger partial charge in [-0.05, 0) is 38.0 Å². The van der Waals surface area contributed by atoms with E-state index in [1.165, 1.54) is 20.1 Å². The highest BCUT2D eigenvalue weighted by molar-refractivity contribution is 5.90. The van der Waals surface area contributed by atoms with Gasteiger partial charge in [0.2, 0.25) is 11.8 Å². The van der Waals surface area contributed by atoms with Gasteiger partial charge in [-0.1, -0.05) is 0 Å². The average molecular weight is 530 g/mol. The summed E-state index contributed by atoms with van der Waals surface area (Å²) >= 11 is 0. The minimum absolute atomic E-state index is 0.0235. The molecule has 0 bridgehead atoms. The lowest BCUT2D eigenvalue weighted by Gasteiger charge is -2.36. The van der Waals surface area contributed by atoms with E-state index in [2.05, 4.69) is 20.4 Å². The fourth-order valence-electron chi connectivity index (χ4n) is 4.58. The van der Waals surface area contributed by atoms with Crippen molar-refractivity contribution in [2.75, 3.05) is 32.5 Å². The summed E-state index contributed by atoms with van der Waals surface area (Å²) in [5.41, 5.74) is -0.444. The van der Waals surface area contributed by atoms with Gasteiger partial charge in [0.15, 0.2) is 11.6 Å². The van der Waals surface area contributed by atoms with E-state index in [1.807, 2.05) is 0 Å². The SMILES string of the molecule is [2H]C([2H])([2H])N1CC[C@@H](Nc2nc(OC)c3c(-c4cc(F)c5nc(C)n(CC(F)F)c5c4)c(F)cn3n2)C(F)(F)C1. The number of imidazole rings is 1. The summed E-state index contributed by atoms with van der Waals surface area (Å²) < 4.78 is 116. The first-order chi connectivity index (χ1) is 18.7. The van der Waals surface area contributed by atoms with Gasteiger partial charge in [-0.25, -0.2) is 35.8 Å². The fraction of sp³-hybridized carbons (Fsp3) is 0.435. The molecule has 37 heavy (non-hydrogen) atoms. The number of benzene rings is 1. The standard InChI is InChI=1S/C23H23F6N7O/c1-11-30-19-13(24)6-12(7-15(19)35(11)9-17(26)27)18-14(25)8-36-20(18)21(37-3)32-22(33-36)31-16-4-5-34(2)10-23(16,28)29/h6-8,16-17H,4-5,9-10H2,1-3H3,(H,31,33)/t16-/m1/s1/i2D3. The first-order valence-corrected chi connectivity index (χ1v) is 11.2. The van der Waals surface area contributed by atoms with Crippen LogP contribution >= 0.6 is 0 Å². The molecule has 0 spiro atoms. The van der Waals surface area contributed by atoms with Gasteiger partial charge in [-0.2, -0.15) is 4.98 Å². The maximum atomic E-state index is 15.3. The molecule has 0 amide bonds. The van der Waals surface area contributed by atoms with Crippen LogP contribution in [-0.4, -0.2) is 74.6 Å². The number of halogens is 6. The number of aromatic nitrogens is 5. The Bertz CT molecular complexity index is 1590. The van der Waals surface area contributed by atoms with Crippen LogP contribution in [0.4, 0.5) is 32.3 Å². The van der Waals surface area contributed by atoms with E-state index in [-0.39, 0.29) is 58.3 Å². The summed E-state index contributed by atoms with van der Waals surface area (Å²) in [6, 6.07) is 0.775. The molecular weight excluding hydrogens is 504 g/mol. The summed E-state index contributed by atoms with van der Waals surface area (Å²) in [4.78, 5) is 8.80. The maximum absolute atomic E-state index is 15.3. The van der Waals surface area contributed by atoms with E-state index >= 15 is 8.78 Å². The lowest BCUT2D eigenvalue weighted by molar-refractivity contribution is -0.0675. The second kappa shape index (κ2) is 9.08. The van der Waals surface area contributed by atoms with Crippen molar-refractivity contribution in [2.45, 2.75) is 38.3 Å². The lowest BCUT2D eigenvalue weighted by Crippen LogP contribution is -2.53. The van der Waals surface area contributed by atoms with Gasteiger partial charge < -0.3 is 19.5 Å². The van der Waals surface area contributed by atoms with Gasteiger partial charge in [0.05, 0.1) is 43.5 Å². The molecule has 1 N–H and O–H groups in total. The molecule has 1 fully saturated rings. The van der Waals surface area contributed by atoms with Crippen LogP contribution in [0.5, 0.6) is 5.88 Å². The largest absolute Gasteiger partial charge is 0.479 e. The van der Waals surface area contributed by atoms with Crippen molar-refractivity contribution in [1.82, 2.24) is 29.0 Å². The molecular formula is C23H23F6N7O. The third kappa shape index (κ3) is 4.43. The van der Waals surface area contributed by atoms with Crippen molar-refractivity contribution in [3.63, 3.8) is 0 Å². The Labute approximate surface area is 211 Å². The van der Waals surface area contributed by atoms with Gasteiger partial charge in [0, 0.05) is 10.7 Å². The van der Waals surface area contributed by atoms with Crippen LogP contribution in [0.3, 0.4) is 0 Å². The molecule has 0 saturated carbocycles. The zero-order chi connectivity index (χ0) is 29.1. The molecule has 4 aromatic rings. The maximum Gasteiger partial charge on any atom is 0.280 e. The smallest absolute Gasteiger partial charge is 0.280 e. The molecule has 198 valence electrons. The first-order valence-electron chi connectivity index (χ1n) is 12.7. The molecule has 0 radical (unpaired) electrons. The molecule has 1 atom stereocenters. The van der Waals surface area contributed by atoms with Crippen molar-refractivity contribution in [3.05, 3.63) is 35.8 Å². The number of nitrogens with zero attached hydrogens (tertiary/aromatic N) is 6. The predicted molar refractivity (Wildman–Crippen MR) is 123 cm³/mol. The monoisotopic (exact) mass is 530 g/mol. The third-order valence-electron chi connectivity index (χ3n) is 6.26. The Hall–Kier alpha value is -3.55. The molecule has 1 saturated heterocycles. The number of ether oxygens (including phenoxy) is 1. The zero-order valence-electron chi connectivity index (χ0n) is 22.6. The molecule has 14 heteroatoms. The number of hydrogen-bond acceptors (Lipinski definition) is 6. The number of methoxy groups -OCH3 is 1. The Morgan fingerprint density at radius 1 is 1.24 bits per heavy atom. The van der Waals surface area contributed by atoms with Crippen LogP contribution in [0.2, 0.25) is 0 Å². The van der Waals surface area contributed by atoms with Crippen LogP contribution in [-0.2, 0) is 6.54 Å². The number of hydrogen-bond donors (Lipinski definition) is 1. The quantitative estimate of drug-likeness (QED) is 0.374. The molecule has 4 heterocycles.